The van der Waals surface area contributed by atoms with Crippen LogP contribution in [0.1, 0.15) is 17.5 Å². The van der Waals surface area contributed by atoms with Crippen LogP contribution in [0.5, 0.6) is 0 Å². The van der Waals surface area contributed by atoms with Crippen LogP contribution in [0.4, 0.5) is 8.78 Å². The summed E-state index contributed by atoms with van der Waals surface area (Å²) in [5.41, 5.74) is 2.39. The van der Waals surface area contributed by atoms with Crippen molar-refractivity contribution < 1.29 is 17.2 Å². The maximum atomic E-state index is 14.2. The minimum atomic E-state index is -4.00. The zero-order valence-corrected chi connectivity index (χ0v) is 15.3. The monoisotopic (exact) mass is 400 g/mol. The molecule has 7 heteroatoms. The van der Waals surface area contributed by atoms with E-state index in [2.05, 4.69) is 0 Å². The van der Waals surface area contributed by atoms with Gasteiger partial charge >= 0.3 is 0 Å². The van der Waals surface area contributed by atoms with E-state index in [1.54, 1.807) is 18.2 Å². The second-order valence-corrected chi connectivity index (χ2v) is 8.52. The lowest BCUT2D eigenvalue weighted by molar-refractivity contribution is 0.520. The van der Waals surface area contributed by atoms with Gasteiger partial charge in [0.05, 0.1) is 0 Å². The molecule has 0 unspecified atom stereocenters. The fourth-order valence-electron chi connectivity index (χ4n) is 2.85. The topological polar surface area (TPSA) is 34.1 Å². The van der Waals surface area contributed by atoms with Gasteiger partial charge in [-0.05, 0) is 59.0 Å². The van der Waals surface area contributed by atoms with Gasteiger partial charge < -0.3 is 0 Å². The molecule has 0 radical (unpaired) electrons. The second-order valence-electron chi connectivity index (χ2n) is 5.70. The highest BCUT2D eigenvalue weighted by Crippen LogP contribution is 2.38. The van der Waals surface area contributed by atoms with Gasteiger partial charge in [0.1, 0.15) is 16.5 Å². The van der Waals surface area contributed by atoms with Crippen molar-refractivity contribution in [2.45, 2.75) is 11.3 Å². The van der Waals surface area contributed by atoms with E-state index in [4.69, 9.17) is 23.2 Å². The van der Waals surface area contributed by atoms with Crippen molar-refractivity contribution >= 4 is 44.2 Å². The van der Waals surface area contributed by atoms with E-state index < -0.39 is 26.4 Å². The zero-order valence-electron chi connectivity index (χ0n) is 13.0. The molecule has 0 spiro atoms. The summed E-state index contributed by atoms with van der Waals surface area (Å²) in [5.74, 6) is -2.22. The lowest BCUT2D eigenvalue weighted by Gasteiger charge is -2.11. The number of allylic oxidation sites excluding steroid dienone is 4. The predicted molar refractivity (Wildman–Crippen MR) is 96.5 cm³/mol. The summed E-state index contributed by atoms with van der Waals surface area (Å²) < 4.78 is 51.5. The van der Waals surface area contributed by atoms with Crippen LogP contribution < -0.4 is 0 Å². The quantitative estimate of drug-likeness (QED) is 0.676. The third-order valence-corrected chi connectivity index (χ3v) is 5.39. The lowest BCUT2D eigenvalue weighted by atomic mass is 9.96. The Balaban J connectivity index is 2.18. The molecule has 25 heavy (non-hydrogen) atoms. The summed E-state index contributed by atoms with van der Waals surface area (Å²) in [6, 6.07) is 7.07. The van der Waals surface area contributed by atoms with Crippen LogP contribution in [0.3, 0.4) is 0 Å². The number of halogens is 4. The Morgan fingerprint density at radius 3 is 2.00 bits per heavy atom. The van der Waals surface area contributed by atoms with E-state index in [0.717, 1.165) is 24.0 Å². The normalized spacial score (nSPS) is 14.4. The number of benzene rings is 2. The van der Waals surface area contributed by atoms with Gasteiger partial charge in [0.15, 0.2) is 9.84 Å². The van der Waals surface area contributed by atoms with Gasteiger partial charge in [0.2, 0.25) is 0 Å². The van der Waals surface area contributed by atoms with E-state index in [1.807, 2.05) is 12.2 Å². The first-order valence-corrected chi connectivity index (χ1v) is 9.87. The molecule has 0 saturated carbocycles. The number of rotatable bonds is 3. The average molecular weight is 401 g/mol. The molecule has 1 aliphatic rings. The first kappa shape index (κ1) is 18.1. The second kappa shape index (κ2) is 6.56. The van der Waals surface area contributed by atoms with Crippen molar-refractivity contribution in [3.05, 3.63) is 75.3 Å². The fraction of sp³-hybridized carbons (Fsp3) is 0.111. The first-order valence-electron chi connectivity index (χ1n) is 7.22. The van der Waals surface area contributed by atoms with Gasteiger partial charge in [-0.3, -0.25) is 0 Å². The molecule has 130 valence electrons. The molecule has 3 rings (SSSR count). The summed E-state index contributed by atoms with van der Waals surface area (Å²) in [7, 11) is -4.00. The Morgan fingerprint density at radius 2 is 1.48 bits per heavy atom. The fourth-order valence-corrected chi connectivity index (χ4v) is 4.20. The van der Waals surface area contributed by atoms with Crippen LogP contribution in [0.2, 0.25) is 10.0 Å². The lowest BCUT2D eigenvalue weighted by Crippen LogP contribution is -2.05. The van der Waals surface area contributed by atoms with Crippen LogP contribution >= 0.6 is 23.2 Å². The summed E-state index contributed by atoms with van der Waals surface area (Å²) >= 11 is 12.1. The standard InChI is InChI=1S/C18H12Cl2F2O2S/c1-25(23,24)18-16(21)7-11(8-17(18)22)15-4-2-3-14(15)10-5-12(19)9-13(20)6-10/h2-3,5-9H,4H2,1H3. The molecule has 2 nitrogen and oxygen atoms in total. The van der Waals surface area contributed by atoms with Gasteiger partial charge in [-0.25, -0.2) is 17.2 Å². The van der Waals surface area contributed by atoms with Gasteiger partial charge in [-0.15, -0.1) is 0 Å². The smallest absolute Gasteiger partial charge is 0.181 e. The molecule has 0 aromatic heterocycles. The van der Waals surface area contributed by atoms with Gasteiger partial charge in [-0.2, -0.15) is 0 Å². The minimum Gasteiger partial charge on any atom is -0.224 e. The number of hydrogen-bond donors (Lipinski definition) is 0. The third-order valence-electron chi connectivity index (χ3n) is 3.82. The summed E-state index contributed by atoms with van der Waals surface area (Å²) in [6.45, 7) is 0. The van der Waals surface area contributed by atoms with Crippen molar-refractivity contribution in [3.63, 3.8) is 0 Å². The maximum absolute atomic E-state index is 14.2. The molecule has 0 atom stereocenters. The molecule has 2 aromatic rings. The van der Waals surface area contributed by atoms with Gasteiger partial charge in [-0.1, -0.05) is 35.4 Å². The summed E-state index contributed by atoms with van der Waals surface area (Å²) in [5, 5.41) is 0.888. The van der Waals surface area contributed by atoms with Crippen LogP contribution in [0, 0.1) is 11.6 Å². The molecule has 0 fully saturated rings. The van der Waals surface area contributed by atoms with Crippen molar-refractivity contribution in [2.75, 3.05) is 6.26 Å². The van der Waals surface area contributed by atoms with E-state index in [1.165, 1.54) is 0 Å². The molecule has 0 bridgehead atoms. The van der Waals surface area contributed by atoms with Crippen LogP contribution in [-0.2, 0) is 9.84 Å². The first-order chi connectivity index (χ1) is 11.7. The van der Waals surface area contributed by atoms with Gasteiger partial charge in [0, 0.05) is 16.3 Å². The SMILES string of the molecule is CS(=O)(=O)c1c(F)cc(C2=C(c3cc(Cl)cc(Cl)c3)C=CC2)cc1F. The Bertz CT molecular complexity index is 998. The molecular formula is C18H12Cl2F2O2S. The Kier molecular flexibility index (Phi) is 4.75. The molecule has 0 amide bonds. The van der Waals surface area contributed by atoms with Crippen molar-refractivity contribution in [1.29, 1.82) is 0 Å². The van der Waals surface area contributed by atoms with Crippen molar-refractivity contribution in [1.82, 2.24) is 0 Å². The van der Waals surface area contributed by atoms with Crippen LogP contribution in [0.15, 0.2) is 47.4 Å². The molecule has 0 saturated heterocycles. The zero-order chi connectivity index (χ0) is 18.4. The molecule has 0 aliphatic heterocycles. The highest BCUT2D eigenvalue weighted by atomic mass is 35.5. The van der Waals surface area contributed by atoms with Gasteiger partial charge in [0.25, 0.3) is 0 Å². The van der Waals surface area contributed by atoms with E-state index in [9.17, 15) is 17.2 Å². The molecule has 2 aromatic carbocycles. The predicted octanol–water partition coefficient (Wildman–Crippen LogP) is 5.55. The molecule has 0 N–H and O–H groups in total. The van der Waals surface area contributed by atoms with Crippen LogP contribution in [-0.4, -0.2) is 14.7 Å². The highest BCUT2D eigenvalue weighted by Gasteiger charge is 2.23. The molecular weight excluding hydrogens is 389 g/mol. The number of hydrogen-bond acceptors (Lipinski definition) is 2. The molecule has 0 heterocycles. The Hall–Kier alpha value is -1.69. The van der Waals surface area contributed by atoms with E-state index in [0.29, 0.717) is 27.6 Å². The summed E-state index contributed by atoms with van der Waals surface area (Å²) in [4.78, 5) is -0.921. The Labute approximate surface area is 154 Å². The third kappa shape index (κ3) is 3.64. The highest BCUT2D eigenvalue weighted by molar-refractivity contribution is 7.90. The van der Waals surface area contributed by atoms with E-state index >= 15 is 0 Å². The minimum absolute atomic E-state index is 0.276. The average Bonchev–Trinajstić information content (AvgIpc) is 2.93. The Morgan fingerprint density at radius 1 is 0.920 bits per heavy atom. The largest absolute Gasteiger partial charge is 0.224 e. The van der Waals surface area contributed by atoms with Crippen molar-refractivity contribution in [2.24, 2.45) is 0 Å². The summed E-state index contributed by atoms with van der Waals surface area (Å²) in [6.07, 6.45) is 4.89. The number of sulfone groups is 1. The van der Waals surface area contributed by atoms with E-state index in [-0.39, 0.29) is 5.56 Å². The molecule has 1 aliphatic carbocycles. The van der Waals surface area contributed by atoms with Crippen molar-refractivity contribution in [3.8, 4) is 0 Å². The van der Waals surface area contributed by atoms with Crippen LogP contribution in [0.25, 0.3) is 11.1 Å². The maximum Gasteiger partial charge on any atom is 0.181 e.